The maximum Gasteiger partial charge on any atom is 0.320 e. The second-order valence-electron chi connectivity index (χ2n) is 18.7. The number of rotatable bonds is 19. The van der Waals surface area contributed by atoms with Crippen LogP contribution in [0.1, 0.15) is 84.1 Å². The number of aliphatic carboxylic acids is 1. The zero-order chi connectivity index (χ0) is 51.3. The fourth-order valence-corrected chi connectivity index (χ4v) is 8.90. The Bertz CT molecular complexity index is 2150. The second-order valence-corrected chi connectivity index (χ2v) is 19.5. The summed E-state index contributed by atoms with van der Waals surface area (Å²) in [5.74, 6) is 0.825. The molecule has 2 saturated carbocycles. The molecule has 9 rings (SSSR count). The number of halogens is 2. The van der Waals surface area contributed by atoms with E-state index in [1.165, 1.54) is 0 Å². The Morgan fingerprint density at radius 2 is 0.972 bits per heavy atom. The first-order valence-corrected chi connectivity index (χ1v) is 25.3. The number of benzene rings is 4. The summed E-state index contributed by atoms with van der Waals surface area (Å²) >= 11 is 12.8. The van der Waals surface area contributed by atoms with Gasteiger partial charge in [0.2, 0.25) is 0 Å². The van der Waals surface area contributed by atoms with Crippen LogP contribution < -0.4 is 14.8 Å². The molecule has 19 heteroatoms. The Hall–Kier alpha value is -3.99. The summed E-state index contributed by atoms with van der Waals surface area (Å²) in [7, 11) is 0. The van der Waals surface area contributed by atoms with Gasteiger partial charge in [-0.25, -0.2) is 0 Å². The van der Waals surface area contributed by atoms with Crippen molar-refractivity contribution in [3.8, 4) is 11.5 Å². The minimum atomic E-state index is -1.42. The maximum absolute atomic E-state index is 10.4. The van der Waals surface area contributed by atoms with E-state index in [1.807, 2.05) is 60.7 Å². The number of carboxylic acid groups (broad SMARTS) is 1. The molecule has 3 saturated heterocycles. The van der Waals surface area contributed by atoms with Gasteiger partial charge in [-0.3, -0.25) is 4.79 Å². The Morgan fingerprint density at radius 3 is 1.31 bits per heavy atom. The van der Waals surface area contributed by atoms with E-state index < -0.39 is 80.2 Å². The van der Waals surface area contributed by atoms with Gasteiger partial charge in [0.05, 0.1) is 38.6 Å². The Morgan fingerprint density at radius 1 is 0.556 bits per heavy atom. The predicted molar refractivity (Wildman–Crippen MR) is 264 cm³/mol. The molecule has 0 unspecified atom stereocenters. The molecular formula is C53H67Cl2NO16. The third-order valence-electron chi connectivity index (χ3n) is 13.0. The predicted octanol–water partition coefficient (Wildman–Crippen LogP) is 3.83. The molecule has 394 valence electrons. The van der Waals surface area contributed by atoms with Gasteiger partial charge in [-0.1, -0.05) is 71.7 Å². The van der Waals surface area contributed by atoms with Crippen molar-refractivity contribution in [2.24, 2.45) is 0 Å². The average Bonchev–Trinajstić information content (AvgIpc) is 4.33. The van der Waals surface area contributed by atoms with Crippen molar-refractivity contribution in [2.75, 3.05) is 46.2 Å². The lowest BCUT2D eigenvalue weighted by Crippen LogP contribution is -2.55. The first kappa shape index (κ1) is 55.8. The van der Waals surface area contributed by atoms with E-state index in [9.17, 15) is 45.6 Å². The van der Waals surface area contributed by atoms with Gasteiger partial charge in [0, 0.05) is 10.0 Å². The highest BCUT2D eigenvalue weighted by Gasteiger charge is 2.45. The van der Waals surface area contributed by atoms with Crippen molar-refractivity contribution in [2.45, 2.75) is 131 Å². The van der Waals surface area contributed by atoms with Crippen LogP contribution >= 0.6 is 23.2 Å². The second kappa shape index (κ2) is 27.0. The molecule has 0 radical (unpaired) electrons. The molecule has 11 atom stereocenters. The molecule has 5 fully saturated rings. The van der Waals surface area contributed by atoms with E-state index in [-0.39, 0.29) is 6.04 Å². The lowest BCUT2D eigenvalue weighted by molar-refractivity contribution is -0.231. The van der Waals surface area contributed by atoms with Crippen LogP contribution in [0.5, 0.6) is 11.5 Å². The summed E-state index contributed by atoms with van der Waals surface area (Å²) in [6.07, 6.45) is -3.68. The molecule has 0 spiro atoms. The molecule has 17 nitrogen and oxygen atoms in total. The maximum atomic E-state index is 10.4. The highest BCUT2D eigenvalue weighted by Crippen LogP contribution is 2.36. The summed E-state index contributed by atoms with van der Waals surface area (Å²) in [6.45, 7) is 2.13. The third kappa shape index (κ3) is 15.8. The monoisotopic (exact) mass is 1040 g/mol. The molecule has 4 aromatic rings. The lowest BCUT2D eigenvalue weighted by Gasteiger charge is -2.40. The summed E-state index contributed by atoms with van der Waals surface area (Å²) in [4.78, 5) is 10.1. The number of aliphatic hydroxyl groups excluding tert-OH is 8. The number of carbonyl (C=O) groups is 1. The summed E-state index contributed by atoms with van der Waals surface area (Å²) in [5.41, 5.74) is 4.92. The van der Waals surface area contributed by atoms with Crippen LogP contribution in [0.25, 0.3) is 0 Å². The van der Waals surface area contributed by atoms with E-state index in [1.54, 1.807) is 24.3 Å². The van der Waals surface area contributed by atoms with E-state index in [4.69, 9.17) is 56.7 Å². The largest absolute Gasteiger partial charge is 0.491 e. The number of ether oxygens (including phenoxy) is 6. The molecule has 5 aliphatic rings. The van der Waals surface area contributed by atoms with Crippen LogP contribution in [0, 0.1) is 0 Å². The van der Waals surface area contributed by atoms with Crippen LogP contribution in [0.15, 0.2) is 84.9 Å². The van der Waals surface area contributed by atoms with Gasteiger partial charge < -0.3 is 79.7 Å². The first-order chi connectivity index (χ1) is 34.7. The Labute approximate surface area is 428 Å². The lowest BCUT2D eigenvalue weighted by atomic mass is 9.90. The molecular weight excluding hydrogens is 977 g/mol. The van der Waals surface area contributed by atoms with Gasteiger partial charge in [0.1, 0.15) is 91.8 Å². The quantitative estimate of drug-likeness (QED) is 0.0598. The smallest absolute Gasteiger partial charge is 0.320 e. The molecule has 3 aliphatic heterocycles. The zero-order valence-corrected chi connectivity index (χ0v) is 41.3. The van der Waals surface area contributed by atoms with Crippen LogP contribution in [0.3, 0.4) is 0 Å². The van der Waals surface area contributed by atoms with E-state index in [2.05, 4.69) is 5.32 Å². The van der Waals surface area contributed by atoms with Crippen molar-refractivity contribution in [3.63, 3.8) is 0 Å². The van der Waals surface area contributed by atoms with Gasteiger partial charge in [-0.2, -0.15) is 0 Å². The number of hydrogen-bond donors (Lipinski definition) is 10. The fraction of sp³-hybridized carbons (Fsp3) is 0.528. The minimum absolute atomic E-state index is 0.269. The molecule has 3 heterocycles. The van der Waals surface area contributed by atoms with E-state index in [0.29, 0.717) is 72.6 Å². The Kier molecular flexibility index (Phi) is 20.9. The Balaban J connectivity index is 0.000000183. The average molecular weight is 1050 g/mol. The summed E-state index contributed by atoms with van der Waals surface area (Å²) in [5, 5.41) is 92.2. The number of aliphatic hydroxyl groups is 8. The standard InChI is InChI=1S/2C24H29ClO7.C5H9NO2/c2*25-19-8-3-15(24-23(29)22(28)21(27)20(13-26)32-24)12-16(19)11-14-1-4-17(5-2-14)30-9-10-31-18-6-7-18;7-5(8)4-2-1-3-6-4/h2*1-5,8,12,18,20-24,26-29H,6-7,9-11,13H2;4,6H,1-3H2,(H,7,8)/t2*20-,21-,22+,23-,24+;4-/m110/s1. The molecule has 0 aromatic heterocycles. The molecule has 10 N–H and O–H groups in total. The van der Waals surface area contributed by atoms with Crippen LogP contribution in [-0.2, 0) is 36.6 Å². The number of carboxylic acids is 1. The van der Waals surface area contributed by atoms with Crippen molar-refractivity contribution in [1.82, 2.24) is 5.32 Å². The molecule has 72 heavy (non-hydrogen) atoms. The van der Waals surface area contributed by atoms with Crippen LogP contribution in [0.2, 0.25) is 10.0 Å². The molecule has 0 bridgehead atoms. The van der Waals surface area contributed by atoms with Gasteiger partial charge in [0.15, 0.2) is 0 Å². The van der Waals surface area contributed by atoms with Crippen molar-refractivity contribution >= 4 is 29.2 Å². The van der Waals surface area contributed by atoms with Gasteiger partial charge in [-0.15, -0.1) is 0 Å². The first-order valence-electron chi connectivity index (χ1n) is 24.5. The molecule has 2 aliphatic carbocycles. The zero-order valence-electron chi connectivity index (χ0n) is 39.8. The molecule has 4 aromatic carbocycles. The normalized spacial score (nSPS) is 28.0. The minimum Gasteiger partial charge on any atom is -0.491 e. The molecule has 0 amide bonds. The fourth-order valence-electron chi connectivity index (χ4n) is 8.53. The van der Waals surface area contributed by atoms with Crippen molar-refractivity contribution in [3.05, 3.63) is 128 Å². The van der Waals surface area contributed by atoms with E-state index in [0.717, 1.165) is 78.8 Å². The topological polar surface area (TPSA) is 267 Å². The summed E-state index contributed by atoms with van der Waals surface area (Å²) < 4.78 is 33.9. The highest BCUT2D eigenvalue weighted by atomic mass is 35.5. The third-order valence-corrected chi connectivity index (χ3v) is 13.8. The van der Waals surface area contributed by atoms with Crippen molar-refractivity contribution < 1.29 is 79.2 Å². The van der Waals surface area contributed by atoms with Gasteiger partial charge >= 0.3 is 5.97 Å². The van der Waals surface area contributed by atoms with Crippen LogP contribution in [0.4, 0.5) is 0 Å². The van der Waals surface area contributed by atoms with Crippen molar-refractivity contribution in [1.29, 1.82) is 0 Å². The van der Waals surface area contributed by atoms with E-state index >= 15 is 0 Å². The van der Waals surface area contributed by atoms with Gasteiger partial charge in [0.25, 0.3) is 0 Å². The SMILES string of the molecule is O=C(O)[C@@H]1CCCN1.OC[C@H]1O[C@@H](c2ccc(Cl)c(Cc3ccc(OCCOC4CC4)cc3)c2)[C@H](O)[C@@H](O)[C@@H]1O.OC[C@H]1O[C@@H](c2ccc(Cl)c(Cc3ccc(OCCOC4CC4)cc3)c2)[C@H](O)[C@@H](O)[C@@H]1O. The highest BCUT2D eigenvalue weighted by molar-refractivity contribution is 6.31. The van der Waals surface area contributed by atoms with Gasteiger partial charge in [-0.05, 0) is 128 Å². The summed E-state index contributed by atoms with van der Waals surface area (Å²) in [6, 6.07) is 25.7. The van der Waals surface area contributed by atoms with Crippen LogP contribution in [-0.4, -0.2) is 165 Å². The number of nitrogens with one attached hydrogen (secondary N) is 1. The number of hydrogen-bond acceptors (Lipinski definition) is 16.